The summed E-state index contributed by atoms with van der Waals surface area (Å²) in [5.41, 5.74) is 1.42. The normalized spacial score (nSPS) is 14.7. The molecule has 0 radical (unpaired) electrons. The summed E-state index contributed by atoms with van der Waals surface area (Å²) < 4.78 is 5.53. The van der Waals surface area contributed by atoms with Crippen LogP contribution in [0, 0.1) is 5.92 Å². The first kappa shape index (κ1) is 15.2. The molecule has 0 amide bonds. The molecule has 0 aliphatic carbocycles. The van der Waals surface area contributed by atoms with Gasteiger partial charge in [-0.05, 0) is 31.2 Å². The average molecular weight is 249 g/mol. The van der Waals surface area contributed by atoms with Gasteiger partial charge in [-0.15, -0.1) is 0 Å². The van der Waals surface area contributed by atoms with E-state index in [4.69, 9.17) is 4.74 Å². The van der Waals surface area contributed by atoms with Gasteiger partial charge in [-0.1, -0.05) is 44.2 Å². The number of hydrogen-bond acceptors (Lipinski definition) is 2. The Kier molecular flexibility index (Phi) is 6.99. The molecule has 2 unspecified atom stereocenters. The molecule has 0 aliphatic rings. The summed E-state index contributed by atoms with van der Waals surface area (Å²) >= 11 is 0. The smallest absolute Gasteiger partial charge is 0.0671 e. The minimum atomic E-state index is 0.290. The van der Waals surface area contributed by atoms with Crippen molar-refractivity contribution in [1.82, 2.24) is 5.32 Å². The van der Waals surface area contributed by atoms with Crippen LogP contribution in [-0.2, 0) is 4.74 Å². The summed E-state index contributed by atoms with van der Waals surface area (Å²) in [6, 6.07) is 10.8. The van der Waals surface area contributed by atoms with Crippen LogP contribution in [-0.4, -0.2) is 25.8 Å². The second-order valence-corrected chi connectivity index (χ2v) is 5.19. The predicted octanol–water partition coefficient (Wildman–Crippen LogP) is 3.44. The molecule has 0 heterocycles. The van der Waals surface area contributed by atoms with Crippen molar-refractivity contribution in [3.63, 3.8) is 0 Å². The van der Waals surface area contributed by atoms with E-state index in [-0.39, 0.29) is 0 Å². The topological polar surface area (TPSA) is 21.3 Å². The fourth-order valence-electron chi connectivity index (χ4n) is 2.22. The number of rotatable bonds is 8. The lowest BCUT2D eigenvalue weighted by molar-refractivity contribution is 0.0757. The molecular weight excluding hydrogens is 222 g/mol. The molecule has 1 aromatic rings. The highest BCUT2D eigenvalue weighted by Gasteiger charge is 2.15. The van der Waals surface area contributed by atoms with Crippen LogP contribution in [0.25, 0.3) is 0 Å². The van der Waals surface area contributed by atoms with Crippen molar-refractivity contribution >= 4 is 0 Å². The van der Waals surface area contributed by atoms with Gasteiger partial charge in [0.15, 0.2) is 0 Å². The van der Waals surface area contributed by atoms with Crippen molar-refractivity contribution in [3.8, 4) is 0 Å². The molecule has 1 aromatic carbocycles. The standard InChI is InChI=1S/C16H27NO/c1-5-18-14(4)11-17-12-16(13(2)3)15-9-7-6-8-10-15/h6-10,13-14,16-17H,5,11-12H2,1-4H3. The van der Waals surface area contributed by atoms with Crippen LogP contribution in [0.15, 0.2) is 30.3 Å². The second-order valence-electron chi connectivity index (χ2n) is 5.19. The first-order valence-corrected chi connectivity index (χ1v) is 7.02. The molecule has 0 aliphatic heterocycles. The third-order valence-corrected chi connectivity index (χ3v) is 3.28. The minimum absolute atomic E-state index is 0.290. The van der Waals surface area contributed by atoms with E-state index in [1.54, 1.807) is 0 Å². The van der Waals surface area contributed by atoms with Gasteiger partial charge in [0.05, 0.1) is 6.10 Å². The summed E-state index contributed by atoms with van der Waals surface area (Å²) in [4.78, 5) is 0. The molecule has 0 fully saturated rings. The Balaban J connectivity index is 2.45. The van der Waals surface area contributed by atoms with Gasteiger partial charge in [0, 0.05) is 19.7 Å². The van der Waals surface area contributed by atoms with Crippen molar-refractivity contribution < 1.29 is 4.74 Å². The Morgan fingerprint density at radius 1 is 1.06 bits per heavy atom. The molecule has 1 rings (SSSR count). The first-order valence-electron chi connectivity index (χ1n) is 7.02. The SMILES string of the molecule is CCOC(C)CNCC(c1ccccc1)C(C)C. The largest absolute Gasteiger partial charge is 0.377 e. The van der Waals surface area contributed by atoms with E-state index in [0.29, 0.717) is 17.9 Å². The van der Waals surface area contributed by atoms with Gasteiger partial charge in [-0.25, -0.2) is 0 Å². The van der Waals surface area contributed by atoms with E-state index < -0.39 is 0 Å². The predicted molar refractivity (Wildman–Crippen MR) is 78.0 cm³/mol. The maximum Gasteiger partial charge on any atom is 0.0671 e. The molecular formula is C16H27NO. The summed E-state index contributed by atoms with van der Waals surface area (Å²) in [5.74, 6) is 1.21. The Bertz CT molecular complexity index is 310. The van der Waals surface area contributed by atoms with Crippen LogP contribution in [0.1, 0.15) is 39.2 Å². The molecule has 0 bridgehead atoms. The summed E-state index contributed by atoms with van der Waals surface area (Å²) in [6.45, 7) is 11.4. The van der Waals surface area contributed by atoms with Crippen molar-refractivity contribution in [2.24, 2.45) is 5.92 Å². The zero-order chi connectivity index (χ0) is 13.4. The van der Waals surface area contributed by atoms with Gasteiger partial charge in [0.25, 0.3) is 0 Å². The van der Waals surface area contributed by atoms with Crippen LogP contribution >= 0.6 is 0 Å². The molecule has 2 atom stereocenters. The fourth-order valence-corrected chi connectivity index (χ4v) is 2.22. The van der Waals surface area contributed by atoms with Gasteiger partial charge in [0.1, 0.15) is 0 Å². The van der Waals surface area contributed by atoms with Crippen LogP contribution in [0.5, 0.6) is 0 Å². The van der Waals surface area contributed by atoms with E-state index in [9.17, 15) is 0 Å². The molecule has 18 heavy (non-hydrogen) atoms. The minimum Gasteiger partial charge on any atom is -0.377 e. The molecule has 1 N–H and O–H groups in total. The lowest BCUT2D eigenvalue weighted by Gasteiger charge is -2.23. The quantitative estimate of drug-likeness (QED) is 0.762. The van der Waals surface area contributed by atoms with Crippen molar-refractivity contribution in [2.75, 3.05) is 19.7 Å². The van der Waals surface area contributed by atoms with Gasteiger partial charge >= 0.3 is 0 Å². The van der Waals surface area contributed by atoms with Crippen LogP contribution in [0.3, 0.4) is 0 Å². The maximum atomic E-state index is 5.53. The molecule has 0 saturated carbocycles. The van der Waals surface area contributed by atoms with E-state index >= 15 is 0 Å². The van der Waals surface area contributed by atoms with E-state index in [0.717, 1.165) is 19.7 Å². The summed E-state index contributed by atoms with van der Waals surface area (Å²) in [7, 11) is 0. The molecule has 102 valence electrons. The zero-order valence-corrected chi connectivity index (χ0v) is 12.1. The lowest BCUT2D eigenvalue weighted by atomic mass is 9.88. The van der Waals surface area contributed by atoms with Gasteiger partial charge in [-0.2, -0.15) is 0 Å². The second kappa shape index (κ2) is 8.28. The molecule has 2 nitrogen and oxygen atoms in total. The lowest BCUT2D eigenvalue weighted by Crippen LogP contribution is -2.31. The van der Waals surface area contributed by atoms with Gasteiger partial charge < -0.3 is 10.1 Å². The third kappa shape index (κ3) is 5.19. The van der Waals surface area contributed by atoms with Crippen LogP contribution < -0.4 is 5.32 Å². The highest BCUT2D eigenvalue weighted by Crippen LogP contribution is 2.23. The monoisotopic (exact) mass is 249 g/mol. The fraction of sp³-hybridized carbons (Fsp3) is 0.625. The number of ether oxygens (including phenoxy) is 1. The Morgan fingerprint density at radius 2 is 1.72 bits per heavy atom. The summed E-state index contributed by atoms with van der Waals surface area (Å²) in [5, 5.41) is 3.52. The first-order chi connectivity index (χ1) is 8.65. The number of hydrogen-bond donors (Lipinski definition) is 1. The van der Waals surface area contributed by atoms with Gasteiger partial charge in [-0.3, -0.25) is 0 Å². The number of benzene rings is 1. The highest BCUT2D eigenvalue weighted by atomic mass is 16.5. The molecule has 0 spiro atoms. The van der Waals surface area contributed by atoms with Crippen molar-refractivity contribution in [1.29, 1.82) is 0 Å². The summed E-state index contributed by atoms with van der Waals surface area (Å²) in [6.07, 6.45) is 0.290. The Morgan fingerprint density at radius 3 is 2.28 bits per heavy atom. The number of nitrogens with one attached hydrogen (secondary N) is 1. The van der Waals surface area contributed by atoms with Gasteiger partial charge in [0.2, 0.25) is 0 Å². The maximum absolute atomic E-state index is 5.53. The Hall–Kier alpha value is -0.860. The van der Waals surface area contributed by atoms with E-state index in [2.05, 4.69) is 56.4 Å². The Labute approximate surface area is 112 Å². The van der Waals surface area contributed by atoms with E-state index in [1.165, 1.54) is 5.56 Å². The van der Waals surface area contributed by atoms with E-state index in [1.807, 2.05) is 6.92 Å². The third-order valence-electron chi connectivity index (χ3n) is 3.28. The van der Waals surface area contributed by atoms with Crippen molar-refractivity contribution in [2.45, 2.75) is 39.7 Å². The zero-order valence-electron chi connectivity index (χ0n) is 12.1. The molecule has 2 heteroatoms. The average Bonchev–Trinajstić information content (AvgIpc) is 2.35. The molecule has 0 saturated heterocycles. The molecule has 0 aromatic heterocycles. The van der Waals surface area contributed by atoms with Crippen LogP contribution in [0.4, 0.5) is 0 Å². The van der Waals surface area contributed by atoms with Crippen LogP contribution in [0.2, 0.25) is 0 Å². The van der Waals surface area contributed by atoms with Crippen molar-refractivity contribution in [3.05, 3.63) is 35.9 Å². The highest BCUT2D eigenvalue weighted by molar-refractivity contribution is 5.20.